The minimum absolute atomic E-state index is 0.0646. The van der Waals surface area contributed by atoms with Gasteiger partial charge >= 0.3 is 24.1 Å². The molecule has 1 aromatic carbocycles. The van der Waals surface area contributed by atoms with Gasteiger partial charge in [0.1, 0.15) is 5.75 Å². The van der Waals surface area contributed by atoms with Gasteiger partial charge in [-0.25, -0.2) is 9.48 Å². The second-order valence-corrected chi connectivity index (χ2v) is 7.04. The summed E-state index contributed by atoms with van der Waals surface area (Å²) in [6, 6.07) is 3.34. The van der Waals surface area contributed by atoms with E-state index in [9.17, 15) is 41.1 Å². The summed E-state index contributed by atoms with van der Waals surface area (Å²) in [5.74, 6) is -12.0. The molecule has 0 bridgehead atoms. The average Bonchev–Trinajstić information content (AvgIpc) is 3.12. The van der Waals surface area contributed by atoms with Crippen molar-refractivity contribution >= 4 is 29.4 Å². The van der Waals surface area contributed by atoms with Gasteiger partial charge < -0.3 is 10.1 Å². The molecular formula is C18H15F5N6O5. The maximum Gasteiger partial charge on any atom is 0.461 e. The Hall–Kier alpha value is -4.11. The summed E-state index contributed by atoms with van der Waals surface area (Å²) < 4.78 is 70.1. The first kappa shape index (κ1) is 24.5. The predicted octanol–water partition coefficient (Wildman–Crippen LogP) is 1.87. The van der Waals surface area contributed by atoms with E-state index < -0.39 is 53.6 Å². The lowest BCUT2D eigenvalue weighted by Gasteiger charge is -2.32. The smallest absolute Gasteiger partial charge is 0.424 e. The van der Waals surface area contributed by atoms with Crippen LogP contribution in [0, 0.1) is 5.92 Å². The highest BCUT2D eigenvalue weighted by molar-refractivity contribution is 6.27. The molecule has 16 heteroatoms. The number of rotatable bonds is 5. The van der Waals surface area contributed by atoms with E-state index in [4.69, 9.17) is 4.74 Å². The minimum Gasteiger partial charge on any atom is -0.424 e. The van der Waals surface area contributed by atoms with E-state index in [1.54, 1.807) is 0 Å². The van der Waals surface area contributed by atoms with Crippen molar-refractivity contribution in [3.63, 3.8) is 0 Å². The van der Waals surface area contributed by atoms with Gasteiger partial charge in [0, 0.05) is 26.8 Å². The second-order valence-electron chi connectivity index (χ2n) is 7.04. The zero-order valence-electron chi connectivity index (χ0n) is 17.6. The SMILES string of the molecule is CN1C(=O)C(C(=O)Nc2ccc(Oc3nc(C(F)(F)C(F)(F)F)nn3C)cc2)C(=O)N(C)C1=O. The average molecular weight is 490 g/mol. The molecule has 1 N–H and O–H groups in total. The van der Waals surface area contributed by atoms with Gasteiger partial charge in [0.25, 0.3) is 11.8 Å². The van der Waals surface area contributed by atoms with Gasteiger partial charge in [-0.15, -0.1) is 5.10 Å². The van der Waals surface area contributed by atoms with E-state index in [1.807, 2.05) is 0 Å². The maximum absolute atomic E-state index is 13.4. The summed E-state index contributed by atoms with van der Waals surface area (Å²) in [7, 11) is 3.27. The highest BCUT2D eigenvalue weighted by Crippen LogP contribution is 2.43. The molecule has 0 aliphatic carbocycles. The molecule has 1 aliphatic heterocycles. The zero-order chi connectivity index (χ0) is 25.6. The zero-order valence-corrected chi connectivity index (χ0v) is 17.6. The van der Waals surface area contributed by atoms with Gasteiger partial charge in [0.05, 0.1) is 0 Å². The number of carbonyl (C=O) groups is 4. The van der Waals surface area contributed by atoms with Crippen LogP contribution in [0.1, 0.15) is 5.82 Å². The number of amides is 5. The number of nitrogens with one attached hydrogen (secondary N) is 1. The van der Waals surface area contributed by atoms with Crippen LogP contribution in [0.15, 0.2) is 24.3 Å². The topological polar surface area (TPSA) is 127 Å². The Labute approximate surface area is 187 Å². The van der Waals surface area contributed by atoms with E-state index in [2.05, 4.69) is 15.4 Å². The Kier molecular flexibility index (Phi) is 6.02. The number of aromatic nitrogens is 3. The number of alkyl halides is 5. The fourth-order valence-corrected chi connectivity index (χ4v) is 2.78. The summed E-state index contributed by atoms with van der Waals surface area (Å²) in [5, 5.41) is 5.36. The highest BCUT2D eigenvalue weighted by Gasteiger charge is 2.62. The fourth-order valence-electron chi connectivity index (χ4n) is 2.78. The van der Waals surface area contributed by atoms with Gasteiger partial charge in [-0.2, -0.15) is 26.9 Å². The Balaban J connectivity index is 1.72. The number of imide groups is 2. The summed E-state index contributed by atoms with van der Waals surface area (Å²) in [6.07, 6.45) is -5.90. The molecule has 5 amide bonds. The number of benzene rings is 1. The van der Waals surface area contributed by atoms with Crippen LogP contribution in [0.2, 0.25) is 0 Å². The first-order chi connectivity index (χ1) is 15.6. The lowest BCUT2D eigenvalue weighted by Crippen LogP contribution is -2.59. The monoisotopic (exact) mass is 490 g/mol. The molecule has 0 radical (unpaired) electrons. The first-order valence-electron chi connectivity index (χ1n) is 9.19. The third-order valence-electron chi connectivity index (χ3n) is 4.68. The van der Waals surface area contributed by atoms with Crippen LogP contribution < -0.4 is 10.1 Å². The number of barbiturate groups is 1. The summed E-state index contributed by atoms with van der Waals surface area (Å²) >= 11 is 0. The predicted molar refractivity (Wildman–Crippen MR) is 101 cm³/mol. The Morgan fingerprint density at radius 1 is 0.971 bits per heavy atom. The Morgan fingerprint density at radius 2 is 1.50 bits per heavy atom. The van der Waals surface area contributed by atoms with Crippen molar-refractivity contribution in [3.8, 4) is 11.8 Å². The molecule has 3 rings (SSSR count). The number of carbonyl (C=O) groups excluding carboxylic acids is 4. The maximum atomic E-state index is 13.4. The quantitative estimate of drug-likeness (QED) is 0.501. The molecule has 34 heavy (non-hydrogen) atoms. The molecule has 0 saturated carbocycles. The molecule has 182 valence electrons. The molecule has 1 fully saturated rings. The number of nitrogens with zero attached hydrogens (tertiary/aromatic N) is 5. The van der Waals surface area contributed by atoms with Gasteiger partial charge in [-0.1, -0.05) is 0 Å². The van der Waals surface area contributed by atoms with Crippen LogP contribution in [-0.4, -0.2) is 68.6 Å². The molecule has 0 unspecified atom stereocenters. The van der Waals surface area contributed by atoms with E-state index in [-0.39, 0.29) is 11.4 Å². The number of anilines is 1. The van der Waals surface area contributed by atoms with Gasteiger partial charge in [-0.05, 0) is 24.3 Å². The van der Waals surface area contributed by atoms with Crippen molar-refractivity contribution in [1.82, 2.24) is 24.6 Å². The molecular weight excluding hydrogens is 475 g/mol. The van der Waals surface area contributed by atoms with Crippen molar-refractivity contribution in [2.45, 2.75) is 12.1 Å². The fraction of sp³-hybridized carbons (Fsp3) is 0.333. The van der Waals surface area contributed by atoms with E-state index in [0.717, 1.165) is 21.1 Å². The van der Waals surface area contributed by atoms with Gasteiger partial charge in [0.2, 0.25) is 11.7 Å². The van der Waals surface area contributed by atoms with E-state index >= 15 is 0 Å². The van der Waals surface area contributed by atoms with Gasteiger partial charge in [0.15, 0.2) is 5.92 Å². The normalized spacial score (nSPS) is 15.7. The van der Waals surface area contributed by atoms with Crippen molar-refractivity contribution in [3.05, 3.63) is 30.1 Å². The number of urea groups is 1. The molecule has 1 aliphatic rings. The Morgan fingerprint density at radius 3 is 2.00 bits per heavy atom. The number of hydrogen-bond acceptors (Lipinski definition) is 7. The molecule has 0 atom stereocenters. The van der Waals surface area contributed by atoms with E-state index in [0.29, 0.717) is 14.5 Å². The van der Waals surface area contributed by atoms with Crippen LogP contribution >= 0.6 is 0 Å². The molecule has 2 aromatic rings. The molecule has 1 saturated heterocycles. The minimum atomic E-state index is -5.90. The largest absolute Gasteiger partial charge is 0.461 e. The van der Waals surface area contributed by atoms with Crippen molar-refractivity contribution in [2.75, 3.05) is 19.4 Å². The van der Waals surface area contributed by atoms with Crippen LogP contribution in [-0.2, 0) is 27.4 Å². The number of halogens is 5. The number of aryl methyl sites for hydroxylation is 1. The molecule has 11 nitrogen and oxygen atoms in total. The van der Waals surface area contributed by atoms with Crippen LogP contribution in [0.5, 0.6) is 11.8 Å². The number of ether oxygens (including phenoxy) is 1. The third-order valence-corrected chi connectivity index (χ3v) is 4.68. The molecule has 1 aromatic heterocycles. The summed E-state index contributed by atoms with van der Waals surface area (Å²) in [6.45, 7) is 0. The summed E-state index contributed by atoms with van der Waals surface area (Å²) in [4.78, 5) is 52.9. The lowest BCUT2D eigenvalue weighted by atomic mass is 10.0. The van der Waals surface area contributed by atoms with Crippen molar-refractivity contribution in [1.29, 1.82) is 0 Å². The van der Waals surface area contributed by atoms with Gasteiger partial charge in [-0.3, -0.25) is 24.2 Å². The standard InChI is InChI=1S/C18H15F5N6O5/c1-27-12(31)10(13(32)28(2)16(27)33)11(30)24-8-4-6-9(7-5-8)34-15-25-14(26-29(15)3)17(19,20)18(21,22)23/h4-7,10H,1-3H3,(H,24,30). The van der Waals surface area contributed by atoms with E-state index in [1.165, 1.54) is 24.3 Å². The number of hydrogen-bond donors (Lipinski definition) is 1. The Bertz CT molecular complexity index is 1140. The summed E-state index contributed by atoms with van der Waals surface area (Å²) in [5.41, 5.74) is 0.0856. The first-order valence-corrected chi connectivity index (χ1v) is 9.19. The van der Waals surface area contributed by atoms with Crippen molar-refractivity contribution in [2.24, 2.45) is 13.0 Å². The molecule has 2 heterocycles. The lowest BCUT2D eigenvalue weighted by molar-refractivity contribution is -0.292. The van der Waals surface area contributed by atoms with Crippen LogP contribution in [0.25, 0.3) is 0 Å². The second kappa shape index (κ2) is 8.35. The molecule has 0 spiro atoms. The third kappa shape index (κ3) is 4.25. The van der Waals surface area contributed by atoms with Crippen molar-refractivity contribution < 1.29 is 45.9 Å². The van der Waals surface area contributed by atoms with Crippen LogP contribution in [0.4, 0.5) is 32.4 Å². The van der Waals surface area contributed by atoms with Crippen LogP contribution in [0.3, 0.4) is 0 Å². The highest BCUT2D eigenvalue weighted by atomic mass is 19.4.